The van der Waals surface area contributed by atoms with Crippen molar-refractivity contribution in [2.45, 2.75) is 32.7 Å². The monoisotopic (exact) mass is 244 g/mol. The molecule has 0 unspecified atom stereocenters. The molecule has 18 heavy (non-hydrogen) atoms. The van der Waals surface area contributed by atoms with E-state index < -0.39 is 0 Å². The Hall–Kier alpha value is -1.84. The maximum absolute atomic E-state index is 5.80. The lowest BCUT2D eigenvalue weighted by molar-refractivity contribution is 0.588. The van der Waals surface area contributed by atoms with Gasteiger partial charge in [0, 0.05) is 18.5 Å². The average molecular weight is 244 g/mol. The van der Waals surface area contributed by atoms with Crippen LogP contribution in [0.2, 0.25) is 0 Å². The second-order valence-electron chi connectivity index (χ2n) is 4.50. The quantitative estimate of drug-likeness (QED) is 0.898. The molecule has 2 aromatic rings. The second-order valence-corrected chi connectivity index (χ2v) is 4.50. The Labute approximate surface area is 108 Å². The first-order valence-electron chi connectivity index (χ1n) is 6.42. The van der Waals surface area contributed by atoms with E-state index >= 15 is 0 Å². The van der Waals surface area contributed by atoms with Crippen molar-refractivity contribution < 1.29 is 0 Å². The fourth-order valence-corrected chi connectivity index (χ4v) is 2.36. The summed E-state index contributed by atoms with van der Waals surface area (Å²) in [5.74, 6) is 1.26. The van der Waals surface area contributed by atoms with Crippen molar-refractivity contribution in [1.82, 2.24) is 9.97 Å². The van der Waals surface area contributed by atoms with E-state index in [4.69, 9.17) is 5.73 Å². The van der Waals surface area contributed by atoms with E-state index in [0.717, 1.165) is 29.6 Å². The molecule has 0 atom stereocenters. The summed E-state index contributed by atoms with van der Waals surface area (Å²) < 4.78 is 0. The Morgan fingerprint density at radius 3 is 2.50 bits per heavy atom. The van der Waals surface area contributed by atoms with E-state index in [0.29, 0.717) is 12.0 Å². The molecule has 0 bridgehead atoms. The van der Waals surface area contributed by atoms with Crippen LogP contribution in [0, 0.1) is 0 Å². The molecule has 1 aromatic heterocycles. The number of para-hydroxylation sites is 1. The Morgan fingerprint density at radius 2 is 1.83 bits per heavy atom. The van der Waals surface area contributed by atoms with Crippen LogP contribution in [0.4, 0.5) is 11.8 Å². The molecule has 96 valence electrons. The molecule has 1 aromatic carbocycles. The predicted octanol–water partition coefficient (Wildman–Crippen LogP) is 2.84. The fourth-order valence-electron chi connectivity index (χ4n) is 2.36. The fraction of sp³-hybridized carbons (Fsp3) is 0.429. The van der Waals surface area contributed by atoms with Crippen LogP contribution in [0.1, 0.15) is 26.7 Å². The van der Waals surface area contributed by atoms with Crippen LogP contribution in [-0.2, 0) is 0 Å². The summed E-state index contributed by atoms with van der Waals surface area (Å²) in [6.07, 6.45) is 2.18. The largest absolute Gasteiger partial charge is 0.368 e. The van der Waals surface area contributed by atoms with Crippen LogP contribution in [0.5, 0.6) is 0 Å². The number of anilines is 2. The molecular formula is C14H20N4. The van der Waals surface area contributed by atoms with Gasteiger partial charge in [0.25, 0.3) is 0 Å². The summed E-state index contributed by atoms with van der Waals surface area (Å²) in [5, 5.41) is 1.06. The van der Waals surface area contributed by atoms with Gasteiger partial charge in [-0.1, -0.05) is 26.0 Å². The van der Waals surface area contributed by atoms with Crippen LogP contribution in [0.3, 0.4) is 0 Å². The number of fused-ring (bicyclic) bond motifs is 1. The first kappa shape index (κ1) is 12.6. The average Bonchev–Trinajstić information content (AvgIpc) is 2.39. The lowest BCUT2D eigenvalue weighted by atomic mass is 10.1. The number of hydrogen-bond acceptors (Lipinski definition) is 4. The molecule has 0 amide bonds. The van der Waals surface area contributed by atoms with Gasteiger partial charge >= 0.3 is 0 Å². The van der Waals surface area contributed by atoms with E-state index in [1.54, 1.807) is 0 Å². The van der Waals surface area contributed by atoms with Crippen molar-refractivity contribution in [2.24, 2.45) is 0 Å². The first-order valence-corrected chi connectivity index (χ1v) is 6.42. The summed E-state index contributed by atoms with van der Waals surface area (Å²) >= 11 is 0. The SMILES string of the molecule is CCC(CC)N(C)c1nc(N)nc2ccccc12. The lowest BCUT2D eigenvalue weighted by Crippen LogP contribution is -2.31. The molecule has 0 fully saturated rings. The second kappa shape index (κ2) is 5.21. The molecular weight excluding hydrogens is 224 g/mol. The number of nitrogen functional groups attached to an aromatic ring is 1. The van der Waals surface area contributed by atoms with Gasteiger partial charge in [-0.15, -0.1) is 0 Å². The van der Waals surface area contributed by atoms with Crippen LogP contribution < -0.4 is 10.6 Å². The molecule has 0 aliphatic rings. The van der Waals surface area contributed by atoms with E-state index in [1.165, 1.54) is 0 Å². The van der Waals surface area contributed by atoms with E-state index in [1.807, 2.05) is 24.3 Å². The van der Waals surface area contributed by atoms with Gasteiger partial charge in [0.1, 0.15) is 5.82 Å². The standard InChI is InChI=1S/C14H20N4/c1-4-10(5-2)18(3)13-11-8-6-7-9-12(11)16-14(15)17-13/h6-10H,4-5H2,1-3H3,(H2,15,16,17). The molecule has 0 radical (unpaired) electrons. The normalized spacial score (nSPS) is 11.1. The van der Waals surface area contributed by atoms with Crippen molar-refractivity contribution in [2.75, 3.05) is 17.7 Å². The summed E-state index contributed by atoms with van der Waals surface area (Å²) in [7, 11) is 2.08. The van der Waals surface area contributed by atoms with E-state index in [9.17, 15) is 0 Å². The maximum atomic E-state index is 5.80. The zero-order chi connectivity index (χ0) is 13.1. The highest BCUT2D eigenvalue weighted by molar-refractivity contribution is 5.90. The topological polar surface area (TPSA) is 55.0 Å². The Balaban J connectivity index is 2.55. The van der Waals surface area contributed by atoms with Gasteiger partial charge in [-0.05, 0) is 25.0 Å². The molecule has 0 spiro atoms. The van der Waals surface area contributed by atoms with Gasteiger partial charge in [-0.25, -0.2) is 4.98 Å². The van der Waals surface area contributed by atoms with Crippen molar-refractivity contribution in [3.8, 4) is 0 Å². The summed E-state index contributed by atoms with van der Waals surface area (Å²) in [6, 6.07) is 8.46. The van der Waals surface area contributed by atoms with E-state index in [-0.39, 0.29) is 0 Å². The molecule has 0 saturated heterocycles. The number of hydrogen-bond donors (Lipinski definition) is 1. The molecule has 0 saturated carbocycles. The van der Waals surface area contributed by atoms with Gasteiger partial charge in [-0.3, -0.25) is 0 Å². The predicted molar refractivity (Wildman–Crippen MR) is 76.7 cm³/mol. The highest BCUT2D eigenvalue weighted by Gasteiger charge is 2.16. The highest BCUT2D eigenvalue weighted by atomic mass is 15.2. The molecule has 4 nitrogen and oxygen atoms in total. The smallest absolute Gasteiger partial charge is 0.222 e. The van der Waals surface area contributed by atoms with Crippen LogP contribution in [-0.4, -0.2) is 23.1 Å². The van der Waals surface area contributed by atoms with Gasteiger partial charge in [-0.2, -0.15) is 4.98 Å². The zero-order valence-corrected chi connectivity index (χ0v) is 11.2. The third kappa shape index (κ3) is 2.23. The van der Waals surface area contributed by atoms with Crippen LogP contribution >= 0.6 is 0 Å². The number of nitrogens with two attached hydrogens (primary N) is 1. The van der Waals surface area contributed by atoms with E-state index in [2.05, 4.69) is 35.8 Å². The minimum atomic E-state index is 0.335. The Morgan fingerprint density at radius 1 is 1.17 bits per heavy atom. The number of nitrogens with zero attached hydrogens (tertiary/aromatic N) is 3. The number of rotatable bonds is 4. The molecule has 2 rings (SSSR count). The third-order valence-corrected chi connectivity index (χ3v) is 3.42. The Kier molecular flexibility index (Phi) is 3.65. The zero-order valence-electron chi connectivity index (χ0n) is 11.2. The molecule has 4 heteroatoms. The summed E-state index contributed by atoms with van der Waals surface area (Å²) in [4.78, 5) is 10.9. The summed E-state index contributed by atoms with van der Waals surface area (Å²) in [5.41, 5.74) is 6.70. The summed E-state index contributed by atoms with van der Waals surface area (Å²) in [6.45, 7) is 4.38. The van der Waals surface area contributed by atoms with Gasteiger partial charge in [0.15, 0.2) is 0 Å². The molecule has 2 N–H and O–H groups in total. The molecule has 0 aliphatic carbocycles. The van der Waals surface area contributed by atoms with Crippen molar-refractivity contribution in [3.63, 3.8) is 0 Å². The highest BCUT2D eigenvalue weighted by Crippen LogP contribution is 2.26. The van der Waals surface area contributed by atoms with Crippen molar-refractivity contribution in [3.05, 3.63) is 24.3 Å². The van der Waals surface area contributed by atoms with Crippen molar-refractivity contribution in [1.29, 1.82) is 0 Å². The van der Waals surface area contributed by atoms with Crippen LogP contribution in [0.15, 0.2) is 24.3 Å². The lowest BCUT2D eigenvalue weighted by Gasteiger charge is -2.28. The minimum absolute atomic E-state index is 0.335. The van der Waals surface area contributed by atoms with Gasteiger partial charge in [0.2, 0.25) is 5.95 Å². The number of benzene rings is 1. The number of aromatic nitrogens is 2. The Bertz CT molecular complexity index is 534. The van der Waals surface area contributed by atoms with Gasteiger partial charge < -0.3 is 10.6 Å². The third-order valence-electron chi connectivity index (χ3n) is 3.42. The molecule has 0 aliphatic heterocycles. The minimum Gasteiger partial charge on any atom is -0.368 e. The van der Waals surface area contributed by atoms with Crippen molar-refractivity contribution >= 4 is 22.7 Å². The molecule has 1 heterocycles. The first-order chi connectivity index (χ1) is 8.67. The van der Waals surface area contributed by atoms with Gasteiger partial charge in [0.05, 0.1) is 5.52 Å². The maximum Gasteiger partial charge on any atom is 0.222 e. The van der Waals surface area contributed by atoms with Crippen LogP contribution in [0.25, 0.3) is 10.9 Å².